The quantitative estimate of drug-likeness (QED) is 0.892. The van der Waals surface area contributed by atoms with Gasteiger partial charge in [0.25, 0.3) is 0 Å². The van der Waals surface area contributed by atoms with E-state index < -0.39 is 21.7 Å². The van der Waals surface area contributed by atoms with Crippen LogP contribution < -0.4 is 4.72 Å². The van der Waals surface area contributed by atoms with Crippen LogP contribution in [0.15, 0.2) is 40.9 Å². The van der Waals surface area contributed by atoms with Gasteiger partial charge >= 0.3 is 5.97 Å². The molecule has 0 aliphatic heterocycles. The number of anilines is 1. The molecule has 0 amide bonds. The van der Waals surface area contributed by atoms with Gasteiger partial charge in [0, 0.05) is 9.86 Å². The van der Waals surface area contributed by atoms with E-state index in [1.165, 1.54) is 0 Å². The van der Waals surface area contributed by atoms with Crippen LogP contribution in [0.2, 0.25) is 0 Å². The van der Waals surface area contributed by atoms with Crippen molar-refractivity contribution in [1.29, 1.82) is 0 Å². The van der Waals surface area contributed by atoms with Gasteiger partial charge in [-0.1, -0.05) is 40.2 Å². The Morgan fingerprint density at radius 3 is 2.42 bits per heavy atom. The fourth-order valence-corrected chi connectivity index (χ4v) is 3.11. The summed E-state index contributed by atoms with van der Waals surface area (Å²) in [6.45, 7) is 0. The largest absolute Gasteiger partial charge is 0.480 e. The van der Waals surface area contributed by atoms with Gasteiger partial charge < -0.3 is 5.11 Å². The van der Waals surface area contributed by atoms with Crippen molar-refractivity contribution in [3.8, 4) is 0 Å². The Morgan fingerprint density at radius 2 is 1.79 bits per heavy atom. The minimum absolute atomic E-state index is 0.361. The van der Waals surface area contributed by atoms with Gasteiger partial charge in [0.15, 0.2) is 5.75 Å². The maximum Gasteiger partial charge on any atom is 0.320 e. The fraction of sp³-hybridized carbons (Fsp3) is 0.0833. The molecule has 0 fully saturated rings. The Bertz CT molecular complexity index is 742. The van der Waals surface area contributed by atoms with Crippen molar-refractivity contribution in [3.05, 3.63) is 40.9 Å². The topological polar surface area (TPSA) is 83.5 Å². The summed E-state index contributed by atoms with van der Waals surface area (Å²) in [5.74, 6) is -2.36. The molecule has 5 nitrogen and oxygen atoms in total. The van der Waals surface area contributed by atoms with Gasteiger partial charge in [0.2, 0.25) is 10.0 Å². The number of sulfonamides is 1. The zero-order valence-electron chi connectivity index (χ0n) is 9.63. The second kappa shape index (κ2) is 5.18. The summed E-state index contributed by atoms with van der Waals surface area (Å²) in [6, 6.07) is 10.5. The summed E-state index contributed by atoms with van der Waals surface area (Å²) >= 11 is 3.38. The summed E-state index contributed by atoms with van der Waals surface area (Å²) in [5, 5.41) is 10.1. The van der Waals surface area contributed by atoms with Gasteiger partial charge in [-0.3, -0.25) is 9.52 Å². The van der Waals surface area contributed by atoms with Gasteiger partial charge in [-0.05, 0) is 17.5 Å². The molecule has 0 atom stereocenters. The van der Waals surface area contributed by atoms with Crippen LogP contribution in [0.1, 0.15) is 0 Å². The smallest absolute Gasteiger partial charge is 0.320 e. The standard InChI is InChI=1S/C12H10BrNO4S/c13-10-5-6-11(9-4-2-1-3-8(9)10)14-19(17,18)7-12(15)16/h1-6,14H,7H2,(H,15,16). The van der Waals surface area contributed by atoms with E-state index in [1.54, 1.807) is 24.3 Å². The number of fused-ring (bicyclic) bond motifs is 1. The molecule has 0 radical (unpaired) electrons. The van der Waals surface area contributed by atoms with Gasteiger partial charge in [-0.25, -0.2) is 8.42 Å². The Kier molecular flexibility index (Phi) is 3.77. The van der Waals surface area contributed by atoms with Gasteiger partial charge in [0.1, 0.15) is 0 Å². The highest BCUT2D eigenvalue weighted by atomic mass is 79.9. The zero-order valence-corrected chi connectivity index (χ0v) is 12.0. The van der Waals surface area contributed by atoms with Crippen molar-refractivity contribution in [2.45, 2.75) is 0 Å². The summed E-state index contributed by atoms with van der Waals surface area (Å²) in [4.78, 5) is 10.5. The molecule has 2 aromatic carbocycles. The van der Waals surface area contributed by atoms with Crippen molar-refractivity contribution in [1.82, 2.24) is 0 Å². The van der Waals surface area contributed by atoms with Gasteiger partial charge in [-0.2, -0.15) is 0 Å². The lowest BCUT2D eigenvalue weighted by molar-refractivity contribution is -0.134. The van der Waals surface area contributed by atoms with Gasteiger partial charge in [-0.15, -0.1) is 0 Å². The molecule has 2 N–H and O–H groups in total. The molecule has 0 aliphatic carbocycles. The van der Waals surface area contributed by atoms with Gasteiger partial charge in [0.05, 0.1) is 5.69 Å². The predicted octanol–water partition coefficient (Wildman–Crippen LogP) is 2.43. The van der Waals surface area contributed by atoms with Crippen LogP contribution in [0.3, 0.4) is 0 Å². The third-order valence-corrected chi connectivity index (χ3v) is 4.30. The second-order valence-electron chi connectivity index (χ2n) is 3.90. The molecule has 2 aromatic rings. The Balaban J connectivity index is 2.47. The van der Waals surface area contributed by atoms with Crippen LogP contribution in [0.4, 0.5) is 5.69 Å². The maximum absolute atomic E-state index is 11.6. The first kappa shape index (κ1) is 13.8. The number of rotatable bonds is 4. The molecule has 0 aliphatic rings. The number of nitrogens with one attached hydrogen (secondary N) is 1. The van der Waals surface area contributed by atoms with E-state index in [4.69, 9.17) is 5.11 Å². The van der Waals surface area contributed by atoms with E-state index in [-0.39, 0.29) is 0 Å². The molecule has 0 aromatic heterocycles. The van der Waals surface area contributed by atoms with Crippen molar-refractivity contribution in [2.24, 2.45) is 0 Å². The molecule has 0 unspecified atom stereocenters. The van der Waals surface area contributed by atoms with E-state index in [2.05, 4.69) is 20.7 Å². The lowest BCUT2D eigenvalue weighted by atomic mass is 10.1. The number of carbonyl (C=O) groups is 1. The van der Waals surface area contributed by atoms with E-state index in [0.29, 0.717) is 11.1 Å². The third-order valence-electron chi connectivity index (χ3n) is 2.45. The monoisotopic (exact) mass is 343 g/mol. The van der Waals surface area contributed by atoms with Crippen molar-refractivity contribution in [3.63, 3.8) is 0 Å². The lowest BCUT2D eigenvalue weighted by Crippen LogP contribution is -2.22. The first-order chi connectivity index (χ1) is 8.89. The van der Waals surface area contributed by atoms with Crippen LogP contribution in [-0.4, -0.2) is 25.2 Å². The Morgan fingerprint density at radius 1 is 1.16 bits per heavy atom. The van der Waals surface area contributed by atoms with Crippen LogP contribution in [0, 0.1) is 0 Å². The molecule has 0 spiro atoms. The van der Waals surface area contributed by atoms with Crippen molar-refractivity contribution in [2.75, 3.05) is 10.5 Å². The van der Waals surface area contributed by atoms with E-state index in [0.717, 1.165) is 9.86 Å². The summed E-state index contributed by atoms with van der Waals surface area (Å²) in [7, 11) is -3.90. The molecule has 0 heterocycles. The number of aliphatic carboxylic acids is 1. The number of carboxylic acid groups (broad SMARTS) is 1. The van der Waals surface area contributed by atoms with E-state index >= 15 is 0 Å². The number of hydrogen-bond donors (Lipinski definition) is 2. The highest BCUT2D eigenvalue weighted by Gasteiger charge is 2.17. The molecule has 0 bridgehead atoms. The SMILES string of the molecule is O=C(O)CS(=O)(=O)Nc1ccc(Br)c2ccccc12. The first-order valence-electron chi connectivity index (χ1n) is 5.28. The average molecular weight is 344 g/mol. The minimum Gasteiger partial charge on any atom is -0.480 e. The molecule has 19 heavy (non-hydrogen) atoms. The summed E-state index contributed by atoms with van der Waals surface area (Å²) in [5.41, 5.74) is 0.361. The predicted molar refractivity (Wildman–Crippen MR) is 76.7 cm³/mol. The highest BCUT2D eigenvalue weighted by Crippen LogP contribution is 2.30. The molecule has 0 saturated heterocycles. The number of carboxylic acids is 1. The second-order valence-corrected chi connectivity index (χ2v) is 6.47. The molecule has 7 heteroatoms. The Hall–Kier alpha value is -1.60. The highest BCUT2D eigenvalue weighted by molar-refractivity contribution is 9.10. The number of benzene rings is 2. The van der Waals surface area contributed by atoms with Crippen LogP contribution in [0.25, 0.3) is 10.8 Å². The van der Waals surface area contributed by atoms with E-state index in [1.807, 2.05) is 12.1 Å². The summed E-state index contributed by atoms with van der Waals surface area (Å²) in [6.07, 6.45) is 0. The normalized spacial score (nSPS) is 11.4. The average Bonchev–Trinajstić information content (AvgIpc) is 2.31. The molecular formula is C12H10BrNO4S. The van der Waals surface area contributed by atoms with Crippen molar-refractivity contribution < 1.29 is 18.3 Å². The zero-order chi connectivity index (χ0) is 14.0. The van der Waals surface area contributed by atoms with Crippen LogP contribution >= 0.6 is 15.9 Å². The first-order valence-corrected chi connectivity index (χ1v) is 7.73. The Labute approximate surface area is 118 Å². The van der Waals surface area contributed by atoms with Crippen molar-refractivity contribution >= 4 is 48.4 Å². The number of halogens is 1. The number of hydrogen-bond acceptors (Lipinski definition) is 3. The molecule has 100 valence electrons. The van der Waals surface area contributed by atoms with Crippen LogP contribution in [0.5, 0.6) is 0 Å². The molecular weight excluding hydrogens is 334 g/mol. The lowest BCUT2D eigenvalue weighted by Gasteiger charge is -2.10. The molecule has 0 saturated carbocycles. The van der Waals surface area contributed by atoms with Crippen LogP contribution in [-0.2, 0) is 14.8 Å². The van der Waals surface area contributed by atoms with E-state index in [9.17, 15) is 13.2 Å². The maximum atomic E-state index is 11.6. The minimum atomic E-state index is -3.90. The molecule has 2 rings (SSSR count). The summed E-state index contributed by atoms with van der Waals surface area (Å²) < 4.78 is 26.4. The third kappa shape index (κ3) is 3.24. The fourth-order valence-electron chi connectivity index (χ4n) is 1.72.